The first-order valence-electron chi connectivity index (χ1n) is 11.4. The van der Waals surface area contributed by atoms with E-state index in [9.17, 15) is 9.59 Å². The summed E-state index contributed by atoms with van der Waals surface area (Å²) in [4.78, 5) is 24.1. The zero-order valence-electron chi connectivity index (χ0n) is 20.5. The second-order valence-electron chi connectivity index (χ2n) is 8.87. The van der Waals surface area contributed by atoms with Gasteiger partial charge < -0.3 is 14.8 Å². The Bertz CT molecular complexity index is 732. The van der Waals surface area contributed by atoms with Gasteiger partial charge in [-0.2, -0.15) is 0 Å². The molecule has 1 saturated heterocycles. The van der Waals surface area contributed by atoms with Gasteiger partial charge >= 0.3 is 5.97 Å². The molecule has 5 heteroatoms. The molecule has 0 bridgehead atoms. The summed E-state index contributed by atoms with van der Waals surface area (Å²) < 4.78 is 10.8. The second kappa shape index (κ2) is 13.2. The van der Waals surface area contributed by atoms with Gasteiger partial charge in [0.1, 0.15) is 6.10 Å². The van der Waals surface area contributed by atoms with Gasteiger partial charge in [-0.1, -0.05) is 63.1 Å². The van der Waals surface area contributed by atoms with Crippen molar-refractivity contribution < 1.29 is 19.1 Å². The zero-order chi connectivity index (χ0) is 23.6. The van der Waals surface area contributed by atoms with Crippen molar-refractivity contribution in [3.8, 4) is 0 Å². The topological polar surface area (TPSA) is 64.6 Å². The molecule has 1 rings (SSSR count). The molecule has 0 spiro atoms. The summed E-state index contributed by atoms with van der Waals surface area (Å²) in [6.45, 7) is 14.2. The number of allylic oxidation sites excluding steroid dienone is 6. The summed E-state index contributed by atoms with van der Waals surface area (Å²) >= 11 is 0. The molecule has 0 aromatic carbocycles. The Balaban J connectivity index is 2.61. The average molecular weight is 432 g/mol. The van der Waals surface area contributed by atoms with Crippen LogP contribution in [0.3, 0.4) is 0 Å². The number of hydrogen-bond acceptors (Lipinski definition) is 4. The van der Waals surface area contributed by atoms with Gasteiger partial charge in [0.05, 0.1) is 13.0 Å². The van der Waals surface area contributed by atoms with E-state index >= 15 is 0 Å². The van der Waals surface area contributed by atoms with Crippen LogP contribution in [0.4, 0.5) is 0 Å². The number of carbonyl (C=O) groups is 2. The van der Waals surface area contributed by atoms with Crippen LogP contribution >= 0.6 is 0 Å². The van der Waals surface area contributed by atoms with Crippen LogP contribution in [0.15, 0.2) is 47.3 Å². The Labute approximate surface area is 188 Å². The summed E-state index contributed by atoms with van der Waals surface area (Å²) in [5.74, 6) is 0.748. The lowest BCUT2D eigenvalue weighted by atomic mass is 9.83. The Hall–Kier alpha value is -2.30. The van der Waals surface area contributed by atoms with Gasteiger partial charge in [0, 0.05) is 6.04 Å². The molecule has 1 aliphatic rings. The average Bonchev–Trinajstić information content (AvgIpc) is 2.68. The van der Waals surface area contributed by atoms with E-state index < -0.39 is 0 Å². The summed E-state index contributed by atoms with van der Waals surface area (Å²) in [7, 11) is 1.51. The molecule has 0 saturated carbocycles. The molecular weight excluding hydrogens is 390 g/mol. The number of amides is 1. The molecule has 0 aromatic heterocycles. The first-order valence-corrected chi connectivity index (χ1v) is 11.4. The van der Waals surface area contributed by atoms with E-state index in [1.165, 1.54) is 7.11 Å². The Morgan fingerprint density at radius 2 is 1.94 bits per heavy atom. The number of nitrogens with one attached hydrogen (secondary N) is 1. The van der Waals surface area contributed by atoms with Gasteiger partial charge in [-0.25, -0.2) is 0 Å². The van der Waals surface area contributed by atoms with Crippen LogP contribution in [0, 0.1) is 17.8 Å². The highest BCUT2D eigenvalue weighted by molar-refractivity contribution is 5.91. The summed E-state index contributed by atoms with van der Waals surface area (Å²) in [5, 5.41) is 2.93. The summed E-state index contributed by atoms with van der Waals surface area (Å²) in [5.41, 5.74) is 2.20. The fourth-order valence-electron chi connectivity index (χ4n) is 4.06. The molecule has 1 heterocycles. The predicted molar refractivity (Wildman–Crippen MR) is 126 cm³/mol. The molecule has 5 nitrogen and oxygen atoms in total. The van der Waals surface area contributed by atoms with E-state index in [1.807, 2.05) is 33.8 Å². The third-order valence-corrected chi connectivity index (χ3v) is 5.55. The van der Waals surface area contributed by atoms with Gasteiger partial charge in [0.2, 0.25) is 0 Å². The van der Waals surface area contributed by atoms with Crippen LogP contribution in [-0.2, 0) is 19.1 Å². The molecule has 0 aromatic rings. The monoisotopic (exact) mass is 431 g/mol. The first kappa shape index (κ1) is 26.7. The van der Waals surface area contributed by atoms with E-state index in [0.29, 0.717) is 11.7 Å². The van der Waals surface area contributed by atoms with Crippen LogP contribution in [0.1, 0.15) is 67.7 Å². The lowest BCUT2D eigenvalue weighted by Crippen LogP contribution is -2.39. The minimum absolute atomic E-state index is 0.00450. The molecule has 5 atom stereocenters. The van der Waals surface area contributed by atoms with E-state index in [0.717, 1.165) is 30.4 Å². The van der Waals surface area contributed by atoms with E-state index in [-0.39, 0.29) is 35.9 Å². The maximum atomic E-state index is 12.2. The van der Waals surface area contributed by atoms with Crippen LogP contribution < -0.4 is 5.32 Å². The van der Waals surface area contributed by atoms with Crippen molar-refractivity contribution >= 4 is 11.9 Å². The highest BCUT2D eigenvalue weighted by Gasteiger charge is 2.35. The SMILES string of the molecule is CC/C=C(\OC)C(=O)N[C@@H](C)/C=C(C)/C=C(C)\C=C\C[C@@H](C)[C@@H]1OC(=O)[C@@H](C)C[C@H]1C. The van der Waals surface area contributed by atoms with Crippen molar-refractivity contribution in [2.24, 2.45) is 17.8 Å². The van der Waals surface area contributed by atoms with Crippen molar-refractivity contribution in [3.05, 3.63) is 47.3 Å². The fraction of sp³-hybridized carbons (Fsp3) is 0.615. The Kier molecular flexibility index (Phi) is 11.4. The minimum Gasteiger partial charge on any atom is -0.491 e. The Morgan fingerprint density at radius 1 is 1.26 bits per heavy atom. The maximum absolute atomic E-state index is 12.2. The van der Waals surface area contributed by atoms with Gasteiger partial charge in [-0.3, -0.25) is 9.59 Å². The minimum atomic E-state index is -0.206. The van der Waals surface area contributed by atoms with Gasteiger partial charge in [-0.15, -0.1) is 0 Å². The maximum Gasteiger partial charge on any atom is 0.308 e. The van der Waals surface area contributed by atoms with E-state index in [4.69, 9.17) is 9.47 Å². The van der Waals surface area contributed by atoms with Crippen molar-refractivity contribution in [1.29, 1.82) is 0 Å². The third-order valence-electron chi connectivity index (χ3n) is 5.55. The third kappa shape index (κ3) is 9.16. The van der Waals surface area contributed by atoms with E-state index in [1.54, 1.807) is 6.08 Å². The van der Waals surface area contributed by atoms with Crippen LogP contribution in [0.5, 0.6) is 0 Å². The molecule has 31 heavy (non-hydrogen) atoms. The Morgan fingerprint density at radius 3 is 2.55 bits per heavy atom. The molecular formula is C26H41NO4. The van der Waals surface area contributed by atoms with Crippen molar-refractivity contribution in [1.82, 2.24) is 5.32 Å². The van der Waals surface area contributed by atoms with Gasteiger partial charge in [-0.05, 0) is 57.9 Å². The molecule has 0 aliphatic carbocycles. The number of esters is 1. The highest BCUT2D eigenvalue weighted by Crippen LogP contribution is 2.31. The largest absolute Gasteiger partial charge is 0.491 e. The summed E-state index contributed by atoms with van der Waals surface area (Å²) in [6.07, 6.45) is 12.6. The first-order chi connectivity index (χ1) is 14.6. The van der Waals surface area contributed by atoms with Crippen molar-refractivity contribution in [2.75, 3.05) is 7.11 Å². The molecule has 1 aliphatic heterocycles. The molecule has 1 N–H and O–H groups in total. The fourth-order valence-corrected chi connectivity index (χ4v) is 4.06. The predicted octanol–water partition coefficient (Wildman–Crippen LogP) is 5.49. The smallest absolute Gasteiger partial charge is 0.308 e. The molecule has 0 unspecified atom stereocenters. The van der Waals surface area contributed by atoms with E-state index in [2.05, 4.69) is 44.3 Å². The molecule has 0 radical (unpaired) electrons. The number of ether oxygens (including phenoxy) is 2. The van der Waals surface area contributed by atoms with Crippen LogP contribution in [0.2, 0.25) is 0 Å². The normalized spacial score (nSPS) is 25.2. The molecule has 1 fully saturated rings. The standard InChI is InChI=1S/C26H41NO4/c1-9-11-23(30-8)25(28)27-22(7)15-18(3)14-17(2)12-10-13-19(4)24-20(5)16-21(6)26(29)31-24/h10-12,14-15,19-22,24H,9,13,16H2,1-8H3,(H,27,28)/b12-10+,17-14-,18-15+,23-11-/t19-,20-,21+,22+,24+/m1/s1. The van der Waals surface area contributed by atoms with Crippen LogP contribution in [0.25, 0.3) is 0 Å². The lowest BCUT2D eigenvalue weighted by Gasteiger charge is -2.35. The number of hydrogen-bond donors (Lipinski definition) is 1. The quantitative estimate of drug-likeness (QED) is 0.215. The number of carbonyl (C=O) groups excluding carboxylic acids is 2. The number of methoxy groups -OCH3 is 1. The number of rotatable bonds is 10. The molecule has 174 valence electrons. The lowest BCUT2D eigenvalue weighted by molar-refractivity contribution is -0.168. The van der Waals surface area contributed by atoms with Crippen molar-refractivity contribution in [2.45, 2.75) is 79.9 Å². The number of cyclic esters (lactones) is 1. The van der Waals surface area contributed by atoms with Gasteiger partial charge in [0.25, 0.3) is 5.91 Å². The summed E-state index contributed by atoms with van der Waals surface area (Å²) in [6, 6.07) is -0.110. The van der Waals surface area contributed by atoms with Crippen LogP contribution in [-0.4, -0.2) is 31.1 Å². The van der Waals surface area contributed by atoms with Gasteiger partial charge in [0.15, 0.2) is 5.76 Å². The highest BCUT2D eigenvalue weighted by atomic mass is 16.5. The molecule has 1 amide bonds. The zero-order valence-corrected chi connectivity index (χ0v) is 20.5. The van der Waals surface area contributed by atoms with Crippen molar-refractivity contribution in [3.63, 3.8) is 0 Å². The second-order valence-corrected chi connectivity index (χ2v) is 8.87.